The van der Waals surface area contributed by atoms with Gasteiger partial charge in [-0.15, -0.1) is 0 Å². The predicted molar refractivity (Wildman–Crippen MR) is 54.0 cm³/mol. The van der Waals surface area contributed by atoms with Gasteiger partial charge >= 0.3 is 0 Å². The van der Waals surface area contributed by atoms with Gasteiger partial charge in [0.05, 0.1) is 0 Å². The molecule has 1 aromatic rings. The molecule has 1 rings (SSSR count). The van der Waals surface area contributed by atoms with Crippen molar-refractivity contribution >= 4 is 11.5 Å². The van der Waals surface area contributed by atoms with Crippen LogP contribution in [-0.4, -0.2) is 4.37 Å². The second-order valence-corrected chi connectivity index (χ2v) is 3.11. The third-order valence-electron chi connectivity index (χ3n) is 0.347. The average Bonchev–Trinajstić information content (AvgIpc) is 2.44. The summed E-state index contributed by atoms with van der Waals surface area (Å²) < 4.78 is 3.76. The normalized spacial score (nSPS) is 7.45. The van der Waals surface area contributed by atoms with Crippen molar-refractivity contribution < 1.29 is 0 Å². The Morgan fingerprint density at radius 2 is 1.64 bits per heavy atom. The average molecular weight is 173 g/mol. The van der Waals surface area contributed by atoms with Crippen LogP contribution >= 0.6 is 11.5 Å². The summed E-state index contributed by atoms with van der Waals surface area (Å²) in [6.45, 7) is 10.5. The van der Waals surface area contributed by atoms with Gasteiger partial charge in [0.15, 0.2) is 0 Å². The van der Waals surface area contributed by atoms with Gasteiger partial charge in [-0.05, 0) is 23.5 Å². The molecule has 0 aliphatic heterocycles. The minimum atomic E-state index is 0.833. The van der Waals surface area contributed by atoms with Gasteiger partial charge in [0, 0.05) is 11.6 Å². The Labute approximate surface area is 74.6 Å². The highest BCUT2D eigenvalue weighted by Crippen LogP contribution is 1.84. The molecule has 0 spiro atoms. The molecule has 1 aromatic heterocycles. The first-order valence-corrected chi connectivity index (χ1v) is 4.91. The highest BCUT2D eigenvalue weighted by Gasteiger charge is 1.68. The Bertz CT molecular complexity index is 93.1. The number of rotatable bonds is 0. The van der Waals surface area contributed by atoms with E-state index in [1.165, 1.54) is 11.5 Å². The summed E-state index contributed by atoms with van der Waals surface area (Å²) in [6, 6.07) is 1.91. The molecule has 0 fully saturated rings. The predicted octanol–water partition coefficient (Wildman–Crippen LogP) is 3.83. The fourth-order valence-electron chi connectivity index (χ4n) is 0.176. The van der Waals surface area contributed by atoms with Crippen LogP contribution in [0.3, 0.4) is 0 Å². The van der Waals surface area contributed by atoms with E-state index in [0.29, 0.717) is 0 Å². The van der Waals surface area contributed by atoms with Crippen LogP contribution < -0.4 is 0 Å². The number of hydrogen-bond donors (Lipinski definition) is 0. The molecule has 0 atom stereocenters. The van der Waals surface area contributed by atoms with Crippen LogP contribution in [0.1, 0.15) is 34.6 Å². The lowest BCUT2D eigenvalue weighted by molar-refractivity contribution is 0.737. The van der Waals surface area contributed by atoms with Gasteiger partial charge in [-0.1, -0.05) is 34.6 Å². The van der Waals surface area contributed by atoms with Crippen LogP contribution in [-0.2, 0) is 0 Å². The van der Waals surface area contributed by atoms with E-state index in [1.54, 1.807) is 6.20 Å². The Balaban J connectivity index is 0. The zero-order valence-corrected chi connectivity index (χ0v) is 8.98. The summed E-state index contributed by atoms with van der Waals surface area (Å²) >= 11 is 1.46. The Morgan fingerprint density at radius 3 is 1.73 bits per heavy atom. The van der Waals surface area contributed by atoms with E-state index < -0.39 is 0 Å². The Hall–Kier alpha value is -0.370. The van der Waals surface area contributed by atoms with Crippen molar-refractivity contribution in [3.05, 3.63) is 17.6 Å². The van der Waals surface area contributed by atoms with E-state index >= 15 is 0 Å². The monoisotopic (exact) mass is 173 g/mol. The van der Waals surface area contributed by atoms with Crippen LogP contribution in [0.5, 0.6) is 0 Å². The first kappa shape index (κ1) is 13.2. The van der Waals surface area contributed by atoms with E-state index in [-0.39, 0.29) is 0 Å². The minimum Gasteiger partial charge on any atom is -0.201 e. The molecule has 0 amide bonds. The van der Waals surface area contributed by atoms with E-state index in [0.717, 1.165) is 5.92 Å². The fourth-order valence-corrected chi connectivity index (χ4v) is 0.527. The molecule has 0 aliphatic rings. The SMILES string of the molecule is CC.CC(C)C.c1cnsc1. The van der Waals surface area contributed by atoms with Crippen LogP contribution in [0.25, 0.3) is 0 Å². The zero-order chi connectivity index (χ0) is 9.11. The van der Waals surface area contributed by atoms with E-state index in [4.69, 9.17) is 0 Å². The number of aromatic nitrogens is 1. The van der Waals surface area contributed by atoms with Gasteiger partial charge < -0.3 is 0 Å². The topological polar surface area (TPSA) is 12.9 Å². The summed E-state index contributed by atoms with van der Waals surface area (Å²) in [6.07, 6.45) is 1.77. The highest BCUT2D eigenvalue weighted by atomic mass is 32.1. The maximum absolute atomic E-state index is 3.76. The molecule has 0 aromatic carbocycles. The largest absolute Gasteiger partial charge is 0.201 e. The smallest absolute Gasteiger partial charge is 0.0406 e. The quantitative estimate of drug-likeness (QED) is 0.581. The zero-order valence-electron chi connectivity index (χ0n) is 8.16. The lowest BCUT2D eigenvalue weighted by Gasteiger charge is -1.79. The third kappa shape index (κ3) is 26.2. The maximum Gasteiger partial charge on any atom is 0.0406 e. The molecule has 0 bridgehead atoms. The molecular weight excluding hydrogens is 154 g/mol. The molecule has 2 heteroatoms. The Kier molecular flexibility index (Phi) is 14.8. The van der Waals surface area contributed by atoms with Crippen LogP contribution in [0.4, 0.5) is 0 Å². The van der Waals surface area contributed by atoms with Gasteiger partial charge in [-0.2, -0.15) is 0 Å². The summed E-state index contributed by atoms with van der Waals surface area (Å²) in [5.41, 5.74) is 0. The van der Waals surface area contributed by atoms with E-state index in [9.17, 15) is 0 Å². The second kappa shape index (κ2) is 12.3. The summed E-state index contributed by atoms with van der Waals surface area (Å²) in [5, 5.41) is 1.93. The fraction of sp³-hybridized carbons (Fsp3) is 0.667. The van der Waals surface area contributed by atoms with E-state index in [1.807, 2.05) is 25.3 Å². The van der Waals surface area contributed by atoms with Gasteiger partial charge in [0.1, 0.15) is 0 Å². The van der Waals surface area contributed by atoms with Gasteiger partial charge in [0.2, 0.25) is 0 Å². The Morgan fingerprint density at radius 1 is 1.18 bits per heavy atom. The third-order valence-corrected chi connectivity index (χ3v) is 0.869. The minimum absolute atomic E-state index is 0.833. The molecule has 0 unspecified atom stereocenters. The number of nitrogens with zero attached hydrogens (tertiary/aromatic N) is 1. The van der Waals surface area contributed by atoms with Crippen molar-refractivity contribution in [2.45, 2.75) is 34.6 Å². The lowest BCUT2D eigenvalue weighted by atomic mass is 10.3. The molecular formula is C9H19NS. The van der Waals surface area contributed by atoms with Crippen molar-refractivity contribution in [1.29, 1.82) is 0 Å². The van der Waals surface area contributed by atoms with Gasteiger partial charge in [-0.25, -0.2) is 4.37 Å². The molecule has 0 N–H and O–H groups in total. The molecule has 1 nitrogen and oxygen atoms in total. The van der Waals surface area contributed by atoms with E-state index in [2.05, 4.69) is 25.1 Å². The first-order valence-electron chi connectivity index (χ1n) is 4.08. The van der Waals surface area contributed by atoms with Crippen molar-refractivity contribution in [3.63, 3.8) is 0 Å². The van der Waals surface area contributed by atoms with Crippen LogP contribution in [0, 0.1) is 5.92 Å². The molecule has 0 saturated carbocycles. The highest BCUT2D eigenvalue weighted by molar-refractivity contribution is 7.03. The molecule has 11 heavy (non-hydrogen) atoms. The number of hydrogen-bond acceptors (Lipinski definition) is 2. The molecule has 66 valence electrons. The summed E-state index contributed by atoms with van der Waals surface area (Å²) in [7, 11) is 0. The van der Waals surface area contributed by atoms with Crippen molar-refractivity contribution in [1.82, 2.24) is 4.37 Å². The summed E-state index contributed by atoms with van der Waals surface area (Å²) in [4.78, 5) is 0. The van der Waals surface area contributed by atoms with Crippen molar-refractivity contribution in [2.24, 2.45) is 5.92 Å². The van der Waals surface area contributed by atoms with Crippen molar-refractivity contribution in [3.8, 4) is 0 Å². The van der Waals surface area contributed by atoms with Crippen LogP contribution in [0.2, 0.25) is 0 Å². The second-order valence-electron chi connectivity index (χ2n) is 2.42. The lowest BCUT2D eigenvalue weighted by Crippen LogP contribution is -1.66. The molecule has 0 aliphatic carbocycles. The van der Waals surface area contributed by atoms with Crippen molar-refractivity contribution in [2.75, 3.05) is 0 Å². The first-order chi connectivity index (χ1) is 5.23. The van der Waals surface area contributed by atoms with Gasteiger partial charge in [-0.3, -0.25) is 0 Å². The van der Waals surface area contributed by atoms with Gasteiger partial charge in [0.25, 0.3) is 0 Å². The molecule has 0 saturated heterocycles. The maximum atomic E-state index is 3.76. The molecule has 0 radical (unpaired) electrons. The molecule has 1 heterocycles. The summed E-state index contributed by atoms with van der Waals surface area (Å²) in [5.74, 6) is 0.833. The van der Waals surface area contributed by atoms with Crippen LogP contribution in [0.15, 0.2) is 17.6 Å². The standard InChI is InChI=1S/C4H10.C3H3NS.C2H6/c1-4(2)3;1-2-4-5-3-1;1-2/h4H,1-3H3;1-3H;1-2H3.